The third-order valence-corrected chi connectivity index (χ3v) is 6.44. The molecule has 1 fully saturated rings. The van der Waals surface area contributed by atoms with E-state index in [0.717, 1.165) is 17.3 Å². The fourth-order valence-corrected chi connectivity index (χ4v) is 4.53. The molecule has 2 aromatic rings. The Kier molecular flexibility index (Phi) is 9.14. The van der Waals surface area contributed by atoms with Gasteiger partial charge < -0.3 is 25.7 Å². The molecule has 3 atom stereocenters. The van der Waals surface area contributed by atoms with Crippen LogP contribution in [-0.2, 0) is 14.4 Å². The summed E-state index contributed by atoms with van der Waals surface area (Å²) in [5, 5.41) is 9.08. The molecule has 9 nitrogen and oxygen atoms in total. The van der Waals surface area contributed by atoms with Gasteiger partial charge in [0.05, 0.1) is 19.0 Å². The number of carbonyl (C=O) groups excluding carboxylic acids is 4. The molecular weight excluding hydrogens is 472 g/mol. The van der Waals surface area contributed by atoms with Crippen molar-refractivity contribution < 1.29 is 23.9 Å². The van der Waals surface area contributed by atoms with Gasteiger partial charge in [-0.1, -0.05) is 19.9 Å². The van der Waals surface area contributed by atoms with Crippen LogP contribution in [0.4, 0.5) is 0 Å². The Morgan fingerprint density at radius 2 is 1.97 bits per heavy atom. The van der Waals surface area contributed by atoms with Crippen molar-refractivity contribution in [3.63, 3.8) is 0 Å². The van der Waals surface area contributed by atoms with Gasteiger partial charge in [-0.2, -0.15) is 0 Å². The maximum atomic E-state index is 13.2. The zero-order chi connectivity index (χ0) is 25.5. The summed E-state index contributed by atoms with van der Waals surface area (Å²) in [7, 11) is 1.56. The van der Waals surface area contributed by atoms with E-state index in [2.05, 4.69) is 20.9 Å². The number of H-pyrrole nitrogens is 1. The van der Waals surface area contributed by atoms with Gasteiger partial charge in [-0.05, 0) is 49.8 Å². The van der Waals surface area contributed by atoms with Crippen LogP contribution in [0, 0.1) is 11.8 Å². The average Bonchev–Trinajstić information content (AvgIpc) is 3.28. The van der Waals surface area contributed by atoms with E-state index >= 15 is 0 Å². The molecule has 0 bridgehead atoms. The molecule has 0 spiro atoms. The lowest BCUT2D eigenvalue weighted by atomic mass is 9.90. The summed E-state index contributed by atoms with van der Waals surface area (Å²) in [5.41, 5.74) is 1.02. The van der Waals surface area contributed by atoms with Gasteiger partial charge in [0.2, 0.25) is 11.8 Å². The van der Waals surface area contributed by atoms with E-state index in [4.69, 9.17) is 16.3 Å². The van der Waals surface area contributed by atoms with Crippen molar-refractivity contribution in [1.29, 1.82) is 0 Å². The second kappa shape index (κ2) is 12.1. The molecule has 0 aliphatic carbocycles. The molecule has 35 heavy (non-hydrogen) atoms. The molecule has 0 saturated carbocycles. The van der Waals surface area contributed by atoms with Crippen LogP contribution in [0.15, 0.2) is 24.3 Å². The lowest BCUT2D eigenvalue weighted by molar-refractivity contribution is -0.131. The lowest BCUT2D eigenvalue weighted by Crippen LogP contribution is -2.53. The minimum Gasteiger partial charge on any atom is -0.496 e. The van der Waals surface area contributed by atoms with E-state index in [-0.39, 0.29) is 35.8 Å². The van der Waals surface area contributed by atoms with Crippen molar-refractivity contribution in [2.75, 3.05) is 19.5 Å². The second-order valence-electron chi connectivity index (χ2n) is 9.29. The first-order chi connectivity index (χ1) is 16.7. The van der Waals surface area contributed by atoms with Crippen molar-refractivity contribution in [3.8, 4) is 5.75 Å². The van der Waals surface area contributed by atoms with Crippen molar-refractivity contribution in [1.82, 2.24) is 20.9 Å². The summed E-state index contributed by atoms with van der Waals surface area (Å²) in [6.07, 6.45) is 2.00. The number of Topliss-reactive ketones (excluding diaryl/α,β-unsaturated/α-hetero) is 1. The molecule has 4 N–H and O–H groups in total. The fraction of sp³-hybridized carbons (Fsp3) is 0.520. The fourth-order valence-electron chi connectivity index (χ4n) is 4.35. The van der Waals surface area contributed by atoms with Crippen LogP contribution in [0.25, 0.3) is 10.9 Å². The topological polar surface area (TPSA) is 129 Å². The Morgan fingerprint density at radius 1 is 1.20 bits per heavy atom. The van der Waals surface area contributed by atoms with E-state index in [1.807, 2.05) is 26.0 Å². The Bertz CT molecular complexity index is 1080. The third kappa shape index (κ3) is 6.75. The molecule has 10 heteroatoms. The van der Waals surface area contributed by atoms with Gasteiger partial charge in [0, 0.05) is 23.4 Å². The first kappa shape index (κ1) is 26.5. The Morgan fingerprint density at radius 3 is 2.63 bits per heavy atom. The summed E-state index contributed by atoms with van der Waals surface area (Å²) in [6.45, 7) is 4.49. The molecular formula is C25H33ClN4O5. The number of methoxy groups -OCH3 is 1. The number of ether oxygens (including phenoxy) is 1. The van der Waals surface area contributed by atoms with Gasteiger partial charge in [-0.25, -0.2) is 0 Å². The van der Waals surface area contributed by atoms with Crippen LogP contribution in [0.1, 0.15) is 50.0 Å². The predicted molar refractivity (Wildman–Crippen MR) is 134 cm³/mol. The summed E-state index contributed by atoms with van der Waals surface area (Å²) in [6, 6.07) is 5.34. The SMILES string of the molecule is COc1cccc2[nH]c(C(=O)NC(CC(C)C)C(=O)N[C@@H](C[C@@H]3CCCNC3=O)C(=O)CCl)cc12. The smallest absolute Gasteiger partial charge is 0.268 e. The maximum absolute atomic E-state index is 13.2. The molecule has 2 heterocycles. The lowest BCUT2D eigenvalue weighted by Gasteiger charge is -2.27. The number of piperidine rings is 1. The molecule has 0 radical (unpaired) electrons. The van der Waals surface area contributed by atoms with Gasteiger partial charge >= 0.3 is 0 Å². The maximum Gasteiger partial charge on any atom is 0.268 e. The van der Waals surface area contributed by atoms with Gasteiger partial charge in [-0.15, -0.1) is 11.6 Å². The highest BCUT2D eigenvalue weighted by atomic mass is 35.5. The molecule has 190 valence electrons. The van der Waals surface area contributed by atoms with Crippen LogP contribution >= 0.6 is 11.6 Å². The summed E-state index contributed by atoms with van der Waals surface area (Å²) in [4.78, 5) is 54.0. The number of aromatic amines is 1. The molecule has 1 unspecified atom stereocenters. The number of rotatable bonds is 11. The number of ketones is 1. The Balaban J connectivity index is 1.75. The van der Waals surface area contributed by atoms with Crippen LogP contribution in [-0.4, -0.2) is 60.1 Å². The van der Waals surface area contributed by atoms with Crippen LogP contribution in [0.5, 0.6) is 5.75 Å². The van der Waals surface area contributed by atoms with E-state index in [1.165, 1.54) is 0 Å². The third-order valence-electron chi connectivity index (χ3n) is 6.17. The van der Waals surface area contributed by atoms with E-state index in [9.17, 15) is 19.2 Å². The number of hydrogen-bond acceptors (Lipinski definition) is 5. The average molecular weight is 505 g/mol. The predicted octanol–water partition coefficient (Wildman–Crippen LogP) is 2.53. The highest BCUT2D eigenvalue weighted by Gasteiger charge is 2.32. The molecule has 1 aromatic carbocycles. The molecule has 3 amide bonds. The Hall–Kier alpha value is -3.07. The van der Waals surface area contributed by atoms with Crippen LogP contribution in [0.3, 0.4) is 0 Å². The molecule has 1 saturated heterocycles. The first-order valence-corrected chi connectivity index (χ1v) is 12.4. The number of hydrogen-bond donors (Lipinski definition) is 4. The monoisotopic (exact) mass is 504 g/mol. The number of amides is 3. The van der Waals surface area contributed by atoms with Crippen molar-refractivity contribution in [2.45, 2.75) is 51.6 Å². The van der Waals surface area contributed by atoms with E-state index in [0.29, 0.717) is 30.8 Å². The zero-order valence-electron chi connectivity index (χ0n) is 20.3. The number of carbonyl (C=O) groups is 4. The van der Waals surface area contributed by atoms with Crippen LogP contribution in [0.2, 0.25) is 0 Å². The van der Waals surface area contributed by atoms with Gasteiger partial charge in [0.1, 0.15) is 17.5 Å². The van der Waals surface area contributed by atoms with E-state index < -0.39 is 23.9 Å². The quantitative estimate of drug-likeness (QED) is 0.349. The summed E-state index contributed by atoms with van der Waals surface area (Å²) >= 11 is 5.79. The highest BCUT2D eigenvalue weighted by molar-refractivity contribution is 6.28. The normalized spacial score (nSPS) is 17.5. The number of nitrogens with one attached hydrogen (secondary N) is 4. The standard InChI is InChI=1S/C25H33ClN4O5/c1-14(2)10-19(30-25(34)20-12-16-17(28-20)7-4-8-22(16)35-3)24(33)29-18(21(31)13-26)11-15-6-5-9-27-23(15)32/h4,7-8,12,14-15,18-19,28H,5-6,9-11,13H2,1-3H3,(H,27,32)(H,29,33)(H,30,34)/t15-,18-,19?/m0/s1. The van der Waals surface area contributed by atoms with E-state index in [1.54, 1.807) is 19.2 Å². The number of alkyl halides is 1. The summed E-state index contributed by atoms with van der Waals surface area (Å²) in [5.74, 6) is -1.35. The number of halogens is 1. The van der Waals surface area contributed by atoms with Crippen molar-refractivity contribution in [3.05, 3.63) is 30.0 Å². The first-order valence-electron chi connectivity index (χ1n) is 11.9. The Labute approximate surface area is 209 Å². The largest absolute Gasteiger partial charge is 0.496 e. The molecule has 1 aliphatic rings. The van der Waals surface area contributed by atoms with Gasteiger partial charge in [0.25, 0.3) is 5.91 Å². The van der Waals surface area contributed by atoms with Crippen molar-refractivity contribution in [2.24, 2.45) is 11.8 Å². The minimum absolute atomic E-state index is 0.0974. The molecule has 1 aliphatic heterocycles. The zero-order valence-corrected chi connectivity index (χ0v) is 21.0. The van der Waals surface area contributed by atoms with Gasteiger partial charge in [-0.3, -0.25) is 19.2 Å². The minimum atomic E-state index is -0.905. The van der Waals surface area contributed by atoms with Gasteiger partial charge in [0.15, 0.2) is 5.78 Å². The molecule has 1 aromatic heterocycles. The summed E-state index contributed by atoms with van der Waals surface area (Å²) < 4.78 is 5.35. The number of fused-ring (bicyclic) bond motifs is 1. The number of aromatic nitrogens is 1. The van der Waals surface area contributed by atoms with Crippen LogP contribution < -0.4 is 20.7 Å². The van der Waals surface area contributed by atoms with Crippen molar-refractivity contribution >= 4 is 46.0 Å². The second-order valence-corrected chi connectivity index (χ2v) is 9.55. The highest BCUT2D eigenvalue weighted by Crippen LogP contribution is 2.26. The number of benzene rings is 1. The molecule has 3 rings (SSSR count).